The van der Waals surface area contributed by atoms with Gasteiger partial charge in [0.2, 0.25) is 0 Å². The van der Waals surface area contributed by atoms with Gasteiger partial charge in [0.1, 0.15) is 12.4 Å². The Labute approximate surface area is 165 Å². The summed E-state index contributed by atoms with van der Waals surface area (Å²) in [6.45, 7) is 6.04. The Hall–Kier alpha value is -2.40. The lowest BCUT2D eigenvalue weighted by Crippen LogP contribution is -2.52. The molecule has 0 atom stereocenters. The van der Waals surface area contributed by atoms with Gasteiger partial charge in [-0.05, 0) is 36.2 Å². The van der Waals surface area contributed by atoms with Crippen molar-refractivity contribution in [3.8, 4) is 5.75 Å². The van der Waals surface area contributed by atoms with Crippen LogP contribution in [0.4, 0.5) is 10.5 Å². The average molecular weight is 388 g/mol. The van der Waals surface area contributed by atoms with Crippen molar-refractivity contribution >= 4 is 23.3 Å². The van der Waals surface area contributed by atoms with Gasteiger partial charge in [0, 0.05) is 36.9 Å². The van der Waals surface area contributed by atoms with Gasteiger partial charge in [0.05, 0.1) is 6.54 Å². The maximum atomic E-state index is 12.3. The number of nitrogens with one attached hydrogen (secondary N) is 1. The van der Waals surface area contributed by atoms with Gasteiger partial charge >= 0.3 is 6.03 Å². The fourth-order valence-corrected chi connectivity index (χ4v) is 3.39. The summed E-state index contributed by atoms with van der Waals surface area (Å²) in [7, 11) is 0. The van der Waals surface area contributed by atoms with Crippen molar-refractivity contribution in [2.45, 2.75) is 13.3 Å². The normalized spacial score (nSPS) is 14.1. The van der Waals surface area contributed by atoms with Gasteiger partial charge in [-0.1, -0.05) is 42.8 Å². The number of halogens is 1. The summed E-state index contributed by atoms with van der Waals surface area (Å²) in [5, 5.41) is 3.68. The van der Waals surface area contributed by atoms with E-state index in [1.807, 2.05) is 47.4 Å². The minimum absolute atomic E-state index is 0.0341. The number of hydrogen-bond acceptors (Lipinski definition) is 3. The number of aryl methyl sites for hydroxylation is 1. The zero-order chi connectivity index (χ0) is 19.1. The monoisotopic (exact) mass is 387 g/mol. The lowest BCUT2D eigenvalue weighted by molar-refractivity contribution is 0.191. The molecule has 0 aromatic heterocycles. The van der Waals surface area contributed by atoms with Crippen LogP contribution in [0.1, 0.15) is 12.5 Å². The van der Waals surface area contributed by atoms with Crippen LogP contribution in [0.2, 0.25) is 5.02 Å². The molecule has 144 valence electrons. The maximum absolute atomic E-state index is 12.3. The highest BCUT2D eigenvalue weighted by Gasteiger charge is 2.21. The number of hydrogen-bond donors (Lipinski definition) is 1. The minimum Gasteiger partial charge on any atom is -0.491 e. The highest BCUT2D eigenvalue weighted by atomic mass is 35.5. The first-order chi connectivity index (χ1) is 13.2. The highest BCUT2D eigenvalue weighted by Crippen LogP contribution is 2.21. The van der Waals surface area contributed by atoms with Gasteiger partial charge in [-0.15, -0.1) is 0 Å². The molecule has 0 spiro atoms. The molecule has 0 saturated carbocycles. The van der Waals surface area contributed by atoms with Crippen LogP contribution in [-0.4, -0.2) is 50.3 Å². The first-order valence-corrected chi connectivity index (χ1v) is 9.79. The number of rotatable bonds is 6. The number of carbonyl (C=O) groups excluding carboxylic acids is 1. The second-order valence-electron chi connectivity index (χ2n) is 6.50. The SMILES string of the molecule is CCc1ccccc1OCCNC(=O)N1CCN(c2cccc(Cl)c2)CC1. The molecule has 0 unspecified atom stereocenters. The van der Waals surface area contributed by atoms with E-state index in [9.17, 15) is 4.79 Å². The van der Waals surface area contributed by atoms with Gasteiger partial charge in [0.15, 0.2) is 0 Å². The molecule has 0 radical (unpaired) electrons. The fraction of sp³-hybridized carbons (Fsp3) is 0.381. The minimum atomic E-state index is -0.0341. The van der Waals surface area contributed by atoms with Crippen molar-refractivity contribution in [2.24, 2.45) is 0 Å². The summed E-state index contributed by atoms with van der Waals surface area (Å²) in [5.74, 6) is 0.893. The summed E-state index contributed by atoms with van der Waals surface area (Å²) in [4.78, 5) is 16.4. The molecule has 5 nitrogen and oxygen atoms in total. The van der Waals surface area contributed by atoms with Crippen molar-refractivity contribution in [1.82, 2.24) is 10.2 Å². The van der Waals surface area contributed by atoms with Crippen molar-refractivity contribution in [1.29, 1.82) is 0 Å². The van der Waals surface area contributed by atoms with E-state index in [4.69, 9.17) is 16.3 Å². The molecule has 0 bridgehead atoms. The Morgan fingerprint density at radius 1 is 1.11 bits per heavy atom. The Morgan fingerprint density at radius 2 is 1.89 bits per heavy atom. The molecule has 1 N–H and O–H groups in total. The van der Waals surface area contributed by atoms with Crippen molar-refractivity contribution in [3.63, 3.8) is 0 Å². The number of carbonyl (C=O) groups is 1. The summed E-state index contributed by atoms with van der Waals surface area (Å²) >= 11 is 6.06. The Balaban J connectivity index is 1.39. The van der Waals surface area contributed by atoms with E-state index in [1.165, 1.54) is 5.56 Å². The molecule has 6 heteroatoms. The molecular weight excluding hydrogens is 362 g/mol. The molecule has 3 rings (SSSR count). The number of urea groups is 1. The number of anilines is 1. The molecule has 2 aromatic rings. The average Bonchev–Trinajstić information content (AvgIpc) is 2.71. The van der Waals surface area contributed by atoms with Crippen LogP contribution < -0.4 is 15.0 Å². The summed E-state index contributed by atoms with van der Waals surface area (Å²) in [5.41, 5.74) is 2.28. The zero-order valence-corrected chi connectivity index (χ0v) is 16.4. The van der Waals surface area contributed by atoms with Gasteiger partial charge < -0.3 is 19.9 Å². The topological polar surface area (TPSA) is 44.8 Å². The Bertz CT molecular complexity index is 761. The van der Waals surface area contributed by atoms with E-state index in [0.717, 1.165) is 36.0 Å². The molecule has 1 heterocycles. The van der Waals surface area contributed by atoms with Crippen molar-refractivity contribution in [3.05, 3.63) is 59.1 Å². The standard InChI is InChI=1S/C21H26ClN3O2/c1-2-17-6-3-4-9-20(17)27-15-10-23-21(26)25-13-11-24(12-14-25)19-8-5-7-18(22)16-19/h3-9,16H,2,10-15H2,1H3,(H,23,26). The van der Waals surface area contributed by atoms with Gasteiger partial charge in [-0.2, -0.15) is 0 Å². The Kier molecular flexibility index (Phi) is 6.82. The zero-order valence-electron chi connectivity index (χ0n) is 15.7. The number of benzene rings is 2. The van der Waals surface area contributed by atoms with Crippen LogP contribution >= 0.6 is 11.6 Å². The highest BCUT2D eigenvalue weighted by molar-refractivity contribution is 6.30. The van der Waals surface area contributed by atoms with Crippen LogP contribution in [0.5, 0.6) is 5.75 Å². The third-order valence-electron chi connectivity index (χ3n) is 4.73. The number of piperazine rings is 1. The Morgan fingerprint density at radius 3 is 2.63 bits per heavy atom. The van der Waals surface area contributed by atoms with E-state index in [-0.39, 0.29) is 6.03 Å². The first kappa shape index (κ1) is 19.4. The van der Waals surface area contributed by atoms with Gasteiger partial charge in [-0.3, -0.25) is 0 Å². The van der Waals surface area contributed by atoms with Crippen molar-refractivity contribution < 1.29 is 9.53 Å². The van der Waals surface area contributed by atoms with Crippen LogP contribution in [0.15, 0.2) is 48.5 Å². The fourth-order valence-electron chi connectivity index (χ4n) is 3.21. The summed E-state index contributed by atoms with van der Waals surface area (Å²) in [6, 6.07) is 15.8. The van der Waals surface area contributed by atoms with E-state index in [2.05, 4.69) is 23.2 Å². The second-order valence-corrected chi connectivity index (χ2v) is 6.93. The molecule has 1 aliphatic heterocycles. The molecule has 1 aliphatic rings. The van der Waals surface area contributed by atoms with Crippen LogP contribution in [0, 0.1) is 0 Å². The number of para-hydroxylation sites is 1. The van der Waals surface area contributed by atoms with E-state index < -0.39 is 0 Å². The van der Waals surface area contributed by atoms with E-state index in [0.29, 0.717) is 26.2 Å². The largest absolute Gasteiger partial charge is 0.491 e. The molecule has 1 saturated heterocycles. The number of nitrogens with zero attached hydrogens (tertiary/aromatic N) is 2. The van der Waals surface area contributed by atoms with Crippen molar-refractivity contribution in [2.75, 3.05) is 44.2 Å². The van der Waals surface area contributed by atoms with Crippen LogP contribution in [-0.2, 0) is 6.42 Å². The van der Waals surface area contributed by atoms with Gasteiger partial charge in [-0.25, -0.2) is 4.79 Å². The third kappa shape index (κ3) is 5.30. The van der Waals surface area contributed by atoms with E-state index >= 15 is 0 Å². The lowest BCUT2D eigenvalue weighted by atomic mass is 10.1. The smallest absolute Gasteiger partial charge is 0.317 e. The quantitative estimate of drug-likeness (QED) is 0.766. The molecule has 27 heavy (non-hydrogen) atoms. The summed E-state index contributed by atoms with van der Waals surface area (Å²) < 4.78 is 5.80. The molecule has 0 aliphatic carbocycles. The van der Waals surface area contributed by atoms with E-state index in [1.54, 1.807) is 0 Å². The third-order valence-corrected chi connectivity index (χ3v) is 4.96. The molecular formula is C21H26ClN3O2. The van der Waals surface area contributed by atoms with Gasteiger partial charge in [0.25, 0.3) is 0 Å². The lowest BCUT2D eigenvalue weighted by Gasteiger charge is -2.36. The predicted molar refractivity (Wildman–Crippen MR) is 110 cm³/mol. The van der Waals surface area contributed by atoms with Crippen LogP contribution in [0.3, 0.4) is 0 Å². The first-order valence-electron chi connectivity index (χ1n) is 9.41. The molecule has 1 fully saturated rings. The second kappa shape index (κ2) is 9.51. The maximum Gasteiger partial charge on any atom is 0.317 e. The number of amides is 2. The van der Waals surface area contributed by atoms with Crippen LogP contribution in [0.25, 0.3) is 0 Å². The summed E-state index contributed by atoms with van der Waals surface area (Å²) in [6.07, 6.45) is 0.930. The molecule has 2 amide bonds. The molecule has 2 aromatic carbocycles. The predicted octanol–water partition coefficient (Wildman–Crippen LogP) is 3.81. The number of ether oxygens (including phenoxy) is 1.